The molecule has 2 aromatic heterocycles. The summed E-state index contributed by atoms with van der Waals surface area (Å²) in [5, 5.41) is 11.5. The zero-order valence-corrected chi connectivity index (χ0v) is 9.89. The van der Waals surface area contributed by atoms with Crippen molar-refractivity contribution in [2.45, 2.75) is 20.4 Å². The second-order valence-electron chi connectivity index (χ2n) is 3.47. The van der Waals surface area contributed by atoms with Gasteiger partial charge in [-0.05, 0) is 13.8 Å². The molecule has 0 aliphatic carbocycles. The lowest BCUT2D eigenvalue weighted by Crippen LogP contribution is -2.23. The molecule has 2 aromatic rings. The topological polar surface area (TPSA) is 70.7 Å². The van der Waals surface area contributed by atoms with Crippen LogP contribution in [-0.4, -0.2) is 21.1 Å². The van der Waals surface area contributed by atoms with Gasteiger partial charge in [0.25, 0.3) is 5.91 Å². The van der Waals surface area contributed by atoms with Crippen LogP contribution in [-0.2, 0) is 6.54 Å². The molecule has 0 fully saturated rings. The van der Waals surface area contributed by atoms with Gasteiger partial charge >= 0.3 is 0 Å². The molecule has 16 heavy (non-hydrogen) atoms. The van der Waals surface area contributed by atoms with E-state index in [9.17, 15) is 4.79 Å². The Labute approximate surface area is 96.9 Å². The number of carbonyl (C=O) groups is 1. The average Bonchev–Trinajstić information content (AvgIpc) is 2.87. The van der Waals surface area contributed by atoms with Crippen LogP contribution >= 0.6 is 11.3 Å². The van der Waals surface area contributed by atoms with Crippen molar-refractivity contribution in [1.82, 2.24) is 20.5 Å². The summed E-state index contributed by atoms with van der Waals surface area (Å²) in [6.07, 6.45) is 0. The number of hydrogen-bond donors (Lipinski definition) is 2. The van der Waals surface area contributed by atoms with Gasteiger partial charge in [-0.2, -0.15) is 5.10 Å². The fraction of sp³-hybridized carbons (Fsp3) is 0.300. The molecule has 0 aliphatic heterocycles. The molecular formula is C10H12N4OS. The van der Waals surface area contributed by atoms with E-state index in [1.54, 1.807) is 10.9 Å². The van der Waals surface area contributed by atoms with Crippen LogP contribution in [0.2, 0.25) is 0 Å². The zero-order chi connectivity index (χ0) is 11.5. The highest BCUT2D eigenvalue weighted by molar-refractivity contribution is 7.07. The second-order valence-corrected chi connectivity index (χ2v) is 4.19. The molecule has 5 nitrogen and oxygen atoms in total. The van der Waals surface area contributed by atoms with E-state index in [4.69, 9.17) is 0 Å². The fourth-order valence-electron chi connectivity index (χ4n) is 1.42. The molecule has 0 radical (unpaired) electrons. The van der Waals surface area contributed by atoms with Crippen LogP contribution in [0.4, 0.5) is 0 Å². The summed E-state index contributed by atoms with van der Waals surface area (Å²) in [7, 11) is 0. The third kappa shape index (κ3) is 2.11. The Balaban J connectivity index is 2.01. The minimum absolute atomic E-state index is 0.152. The monoisotopic (exact) mass is 236 g/mol. The van der Waals surface area contributed by atoms with Crippen LogP contribution < -0.4 is 5.32 Å². The second kappa shape index (κ2) is 4.44. The summed E-state index contributed by atoms with van der Waals surface area (Å²) in [6, 6.07) is 0. The highest BCUT2D eigenvalue weighted by Gasteiger charge is 2.10. The summed E-state index contributed by atoms with van der Waals surface area (Å²) in [6.45, 7) is 4.32. The van der Waals surface area contributed by atoms with E-state index in [1.807, 2.05) is 13.8 Å². The lowest BCUT2D eigenvalue weighted by atomic mass is 10.2. The molecule has 0 unspecified atom stereocenters. The lowest BCUT2D eigenvalue weighted by Gasteiger charge is -2.03. The number of thiazole rings is 1. The van der Waals surface area contributed by atoms with Gasteiger partial charge in [0.2, 0.25) is 0 Å². The van der Waals surface area contributed by atoms with Crippen molar-refractivity contribution >= 4 is 17.2 Å². The SMILES string of the molecule is Cc1n[nH]c(C)c1CNC(=O)c1cscn1. The molecule has 0 bridgehead atoms. The summed E-state index contributed by atoms with van der Waals surface area (Å²) < 4.78 is 0. The normalized spacial score (nSPS) is 10.4. The largest absolute Gasteiger partial charge is 0.346 e. The van der Waals surface area contributed by atoms with Crippen LogP contribution in [0.15, 0.2) is 10.9 Å². The van der Waals surface area contributed by atoms with Gasteiger partial charge in [0.1, 0.15) is 5.69 Å². The van der Waals surface area contributed by atoms with Gasteiger partial charge in [0.15, 0.2) is 0 Å². The average molecular weight is 236 g/mol. The maximum atomic E-state index is 11.6. The number of aromatic amines is 1. The number of aryl methyl sites for hydroxylation is 2. The van der Waals surface area contributed by atoms with Gasteiger partial charge in [0.05, 0.1) is 11.2 Å². The molecule has 84 valence electrons. The van der Waals surface area contributed by atoms with E-state index in [-0.39, 0.29) is 5.91 Å². The van der Waals surface area contributed by atoms with E-state index in [0.29, 0.717) is 12.2 Å². The van der Waals surface area contributed by atoms with E-state index in [0.717, 1.165) is 17.0 Å². The molecule has 0 saturated carbocycles. The third-order valence-electron chi connectivity index (χ3n) is 2.37. The summed E-state index contributed by atoms with van der Waals surface area (Å²) in [5.74, 6) is -0.152. The van der Waals surface area contributed by atoms with Crippen molar-refractivity contribution in [2.75, 3.05) is 0 Å². The first-order valence-electron chi connectivity index (χ1n) is 4.85. The van der Waals surface area contributed by atoms with Crippen LogP contribution in [0.3, 0.4) is 0 Å². The number of H-pyrrole nitrogens is 1. The number of aromatic nitrogens is 3. The first kappa shape index (κ1) is 10.8. The Hall–Kier alpha value is -1.69. The maximum Gasteiger partial charge on any atom is 0.271 e. The summed E-state index contributed by atoms with van der Waals surface area (Å²) in [5.41, 5.74) is 5.03. The highest BCUT2D eigenvalue weighted by Crippen LogP contribution is 2.09. The van der Waals surface area contributed by atoms with E-state index >= 15 is 0 Å². The number of amides is 1. The van der Waals surface area contributed by atoms with Gasteiger partial charge in [-0.15, -0.1) is 11.3 Å². The first-order chi connectivity index (χ1) is 7.68. The standard InChI is InChI=1S/C10H12N4OS/c1-6-8(7(2)14-13-6)3-11-10(15)9-4-16-5-12-9/h4-5H,3H2,1-2H3,(H,11,15)(H,13,14). The van der Waals surface area contributed by atoms with Crippen molar-refractivity contribution < 1.29 is 4.79 Å². The van der Waals surface area contributed by atoms with Crippen molar-refractivity contribution in [3.05, 3.63) is 33.5 Å². The third-order valence-corrected chi connectivity index (χ3v) is 2.96. The highest BCUT2D eigenvalue weighted by atomic mass is 32.1. The quantitative estimate of drug-likeness (QED) is 0.846. The molecular weight excluding hydrogens is 224 g/mol. The maximum absolute atomic E-state index is 11.6. The predicted octanol–water partition coefficient (Wildman–Crippen LogP) is 1.41. The lowest BCUT2D eigenvalue weighted by molar-refractivity contribution is 0.0946. The van der Waals surface area contributed by atoms with Gasteiger partial charge in [0, 0.05) is 23.2 Å². The Kier molecular flexibility index (Phi) is 3.00. The molecule has 0 aliphatic rings. The number of nitrogens with one attached hydrogen (secondary N) is 2. The molecule has 2 rings (SSSR count). The molecule has 2 N–H and O–H groups in total. The molecule has 0 saturated heterocycles. The van der Waals surface area contributed by atoms with Crippen molar-refractivity contribution in [3.63, 3.8) is 0 Å². The van der Waals surface area contributed by atoms with Crippen LogP contribution in [0.5, 0.6) is 0 Å². The van der Waals surface area contributed by atoms with Crippen molar-refractivity contribution in [1.29, 1.82) is 0 Å². The Bertz CT molecular complexity index is 469. The number of nitrogens with zero attached hydrogens (tertiary/aromatic N) is 2. The first-order valence-corrected chi connectivity index (χ1v) is 5.79. The van der Waals surface area contributed by atoms with Crippen molar-refractivity contribution in [2.24, 2.45) is 0 Å². The predicted molar refractivity (Wildman–Crippen MR) is 61.3 cm³/mol. The van der Waals surface area contributed by atoms with Gasteiger partial charge < -0.3 is 5.32 Å². The fourth-order valence-corrected chi connectivity index (χ4v) is 1.95. The van der Waals surface area contributed by atoms with E-state index < -0.39 is 0 Å². The molecule has 0 aromatic carbocycles. The number of hydrogen-bond acceptors (Lipinski definition) is 4. The molecule has 0 atom stereocenters. The summed E-state index contributed by atoms with van der Waals surface area (Å²) in [4.78, 5) is 15.6. The minimum atomic E-state index is -0.152. The Morgan fingerprint density at radius 1 is 1.56 bits per heavy atom. The van der Waals surface area contributed by atoms with Crippen LogP contribution in [0.25, 0.3) is 0 Å². The van der Waals surface area contributed by atoms with Gasteiger partial charge in [-0.25, -0.2) is 4.98 Å². The Morgan fingerprint density at radius 2 is 2.38 bits per heavy atom. The Morgan fingerprint density at radius 3 is 2.94 bits per heavy atom. The molecule has 6 heteroatoms. The van der Waals surface area contributed by atoms with E-state index in [1.165, 1.54) is 11.3 Å². The van der Waals surface area contributed by atoms with E-state index in [2.05, 4.69) is 20.5 Å². The number of rotatable bonds is 3. The van der Waals surface area contributed by atoms with Crippen LogP contribution in [0.1, 0.15) is 27.4 Å². The zero-order valence-electron chi connectivity index (χ0n) is 9.07. The smallest absolute Gasteiger partial charge is 0.271 e. The van der Waals surface area contributed by atoms with Gasteiger partial charge in [-0.3, -0.25) is 9.89 Å². The van der Waals surface area contributed by atoms with Crippen molar-refractivity contribution in [3.8, 4) is 0 Å². The minimum Gasteiger partial charge on any atom is -0.346 e. The number of carbonyl (C=O) groups excluding carboxylic acids is 1. The molecule has 2 heterocycles. The molecule has 0 spiro atoms. The van der Waals surface area contributed by atoms with Gasteiger partial charge in [-0.1, -0.05) is 0 Å². The molecule has 1 amide bonds. The van der Waals surface area contributed by atoms with Crippen LogP contribution in [0, 0.1) is 13.8 Å². The summed E-state index contributed by atoms with van der Waals surface area (Å²) >= 11 is 1.41.